The van der Waals surface area contributed by atoms with Crippen LogP contribution in [0.2, 0.25) is 6.04 Å². The van der Waals surface area contributed by atoms with Crippen LogP contribution in [-0.4, -0.2) is 33.9 Å². The van der Waals surface area contributed by atoms with Crippen molar-refractivity contribution in [3.8, 4) is 0 Å². The third-order valence-electron chi connectivity index (χ3n) is 2.45. The molecule has 0 spiro atoms. The van der Waals surface area contributed by atoms with E-state index in [9.17, 15) is 9.59 Å². The molecule has 0 bridgehead atoms. The van der Waals surface area contributed by atoms with E-state index in [1.165, 1.54) is 0 Å². The number of carbonyl (C=O) groups excluding carboxylic acids is 2. The highest BCUT2D eigenvalue weighted by atomic mass is 28.1. The van der Waals surface area contributed by atoms with Gasteiger partial charge in [0.1, 0.15) is 0 Å². The average Bonchev–Trinajstić information content (AvgIpc) is 2.37. The van der Waals surface area contributed by atoms with Crippen molar-refractivity contribution in [3.63, 3.8) is 0 Å². The Morgan fingerprint density at radius 3 is 2.44 bits per heavy atom. The normalized spacial score (nSPS) is 26.2. The van der Waals surface area contributed by atoms with E-state index >= 15 is 0 Å². The quantitative estimate of drug-likeness (QED) is 0.409. The predicted molar refractivity (Wildman–Crippen MR) is 63.2 cm³/mol. The summed E-state index contributed by atoms with van der Waals surface area (Å²) in [7, 11) is 1.12. The van der Waals surface area contributed by atoms with E-state index in [1.807, 2.05) is 20.8 Å². The Morgan fingerprint density at radius 1 is 1.31 bits per heavy atom. The minimum Gasteiger partial charge on any atom is -0.391 e. The molecular weight excluding hydrogens is 224 g/mol. The zero-order valence-electron chi connectivity index (χ0n) is 10.4. The maximum absolute atomic E-state index is 11.5. The first-order valence-electron chi connectivity index (χ1n) is 5.78. The third kappa shape index (κ3) is 3.42. The van der Waals surface area contributed by atoms with E-state index in [2.05, 4.69) is 4.74 Å². The smallest absolute Gasteiger partial charge is 0.343 e. The second kappa shape index (κ2) is 5.10. The molecule has 2 unspecified atom stereocenters. The minimum atomic E-state index is -0.708. The van der Waals surface area contributed by atoms with Crippen LogP contribution < -0.4 is 0 Å². The van der Waals surface area contributed by atoms with Gasteiger partial charge in [-0.05, 0) is 27.2 Å². The third-order valence-corrected chi connectivity index (χ3v) is 3.16. The van der Waals surface area contributed by atoms with Crippen LogP contribution in [0.3, 0.4) is 0 Å². The van der Waals surface area contributed by atoms with Gasteiger partial charge in [0.05, 0.1) is 11.5 Å². The van der Waals surface area contributed by atoms with E-state index in [0.29, 0.717) is 6.42 Å². The van der Waals surface area contributed by atoms with Crippen molar-refractivity contribution in [2.24, 2.45) is 5.92 Å². The number of hydrogen-bond donors (Lipinski definition) is 0. The molecule has 1 fully saturated rings. The van der Waals surface area contributed by atoms with E-state index in [0.717, 1.165) is 22.7 Å². The molecule has 0 amide bonds. The fourth-order valence-corrected chi connectivity index (χ4v) is 2.13. The highest BCUT2D eigenvalue weighted by molar-refractivity contribution is 6.08. The summed E-state index contributed by atoms with van der Waals surface area (Å²) >= 11 is 0. The van der Waals surface area contributed by atoms with Gasteiger partial charge in [-0.3, -0.25) is 4.79 Å². The summed E-state index contributed by atoms with van der Waals surface area (Å²) in [5.41, 5.74) is -0.437. The van der Waals surface area contributed by atoms with E-state index in [1.54, 1.807) is 0 Å². The molecule has 0 radical (unpaired) electrons. The Hall–Kier alpha value is -0.683. The molecule has 0 N–H and O–H groups in total. The van der Waals surface area contributed by atoms with Gasteiger partial charge >= 0.3 is 11.9 Å². The Labute approximate surface area is 99.1 Å². The Morgan fingerprint density at radius 2 is 1.94 bits per heavy atom. The van der Waals surface area contributed by atoms with Gasteiger partial charge in [0.15, 0.2) is 6.10 Å². The van der Waals surface area contributed by atoms with Crippen molar-refractivity contribution in [3.05, 3.63) is 0 Å². The highest BCUT2D eigenvalue weighted by Gasteiger charge is 2.46. The summed E-state index contributed by atoms with van der Waals surface area (Å²) in [6.45, 7) is 5.60. The number of esters is 2. The first-order valence-corrected chi connectivity index (χ1v) is 7.20. The topological polar surface area (TPSA) is 52.6 Å². The molecule has 1 saturated heterocycles. The van der Waals surface area contributed by atoms with Crippen molar-refractivity contribution in [2.75, 3.05) is 0 Å². The lowest BCUT2D eigenvalue weighted by molar-refractivity contribution is -0.159. The van der Waals surface area contributed by atoms with Gasteiger partial charge in [-0.15, -0.1) is 0 Å². The summed E-state index contributed by atoms with van der Waals surface area (Å²) in [4.78, 5) is 23.0. The number of rotatable bonds is 4. The van der Waals surface area contributed by atoms with Gasteiger partial charge in [0, 0.05) is 10.2 Å². The maximum Gasteiger partial charge on any atom is 0.343 e. The molecular formula is C11H20O4Si. The van der Waals surface area contributed by atoms with Gasteiger partial charge in [-0.1, -0.05) is 12.5 Å². The molecule has 4 nitrogen and oxygen atoms in total. The van der Waals surface area contributed by atoms with E-state index < -0.39 is 29.6 Å². The first-order chi connectivity index (χ1) is 7.35. The molecule has 5 heteroatoms. The minimum absolute atomic E-state index is 0.402. The molecule has 1 aliphatic rings. The molecule has 0 aromatic heterocycles. The van der Waals surface area contributed by atoms with Crippen LogP contribution in [0.25, 0.3) is 0 Å². The van der Waals surface area contributed by atoms with Gasteiger partial charge in [0.25, 0.3) is 0 Å². The second-order valence-electron chi connectivity index (χ2n) is 5.14. The molecule has 2 atom stereocenters. The van der Waals surface area contributed by atoms with Crippen molar-refractivity contribution >= 4 is 22.2 Å². The summed E-state index contributed by atoms with van der Waals surface area (Å²) in [5.74, 6) is -1.35. The van der Waals surface area contributed by atoms with Crippen molar-refractivity contribution in [1.29, 1.82) is 0 Å². The van der Waals surface area contributed by atoms with Crippen molar-refractivity contribution in [1.82, 2.24) is 0 Å². The van der Waals surface area contributed by atoms with Gasteiger partial charge < -0.3 is 9.47 Å². The maximum atomic E-state index is 11.5. The lowest BCUT2D eigenvalue weighted by Gasteiger charge is -2.25. The van der Waals surface area contributed by atoms with Crippen LogP contribution in [0.15, 0.2) is 0 Å². The van der Waals surface area contributed by atoms with Gasteiger partial charge in [-0.2, -0.15) is 0 Å². The molecule has 1 aliphatic heterocycles. The largest absolute Gasteiger partial charge is 0.391 e. The van der Waals surface area contributed by atoms with Gasteiger partial charge in [0.2, 0.25) is 0 Å². The molecule has 0 aliphatic carbocycles. The zero-order valence-corrected chi connectivity index (χ0v) is 12.4. The lowest BCUT2D eigenvalue weighted by Crippen LogP contribution is -2.35. The molecule has 16 heavy (non-hydrogen) atoms. The Balaban J connectivity index is 2.70. The monoisotopic (exact) mass is 244 g/mol. The molecule has 0 saturated carbocycles. The summed E-state index contributed by atoms with van der Waals surface area (Å²) in [6, 6.07) is 1.13. The summed E-state index contributed by atoms with van der Waals surface area (Å²) in [5, 5.41) is 0. The van der Waals surface area contributed by atoms with Crippen molar-refractivity contribution in [2.45, 2.75) is 51.4 Å². The molecule has 1 heterocycles. The number of cyclic esters (lactones) is 2. The molecule has 0 aromatic rings. The Kier molecular flexibility index (Phi) is 4.26. The lowest BCUT2D eigenvalue weighted by atomic mass is 9.98. The fourth-order valence-electron chi connectivity index (χ4n) is 1.73. The summed E-state index contributed by atoms with van der Waals surface area (Å²) in [6.07, 6.45) is 0.943. The average molecular weight is 244 g/mol. The zero-order chi connectivity index (χ0) is 12.3. The predicted octanol–water partition coefficient (Wildman–Crippen LogP) is 0.434. The van der Waals surface area contributed by atoms with E-state index in [-0.39, 0.29) is 0 Å². The van der Waals surface area contributed by atoms with Gasteiger partial charge in [-0.25, -0.2) is 4.79 Å². The standard InChI is InChI=1S/C11H20O4Si/c1-11(2,3)15-8-7(5-4-6-16)9(12)14-10(8)13/h7-8H,4-6H2,1-3,16H3. The van der Waals surface area contributed by atoms with Crippen LogP contribution in [0, 0.1) is 5.92 Å². The number of hydrogen-bond acceptors (Lipinski definition) is 4. The summed E-state index contributed by atoms with van der Waals surface area (Å²) < 4.78 is 10.2. The van der Waals surface area contributed by atoms with Crippen LogP contribution in [0.4, 0.5) is 0 Å². The Bertz CT molecular complexity index is 282. The SMILES string of the molecule is CC(C)(C)OC1C(=O)OC(=O)C1CCC[SiH3]. The van der Waals surface area contributed by atoms with Crippen molar-refractivity contribution < 1.29 is 19.1 Å². The highest BCUT2D eigenvalue weighted by Crippen LogP contribution is 2.28. The fraction of sp³-hybridized carbons (Fsp3) is 0.818. The number of ether oxygens (including phenoxy) is 2. The molecule has 1 rings (SSSR count). The number of carbonyl (C=O) groups is 2. The van der Waals surface area contributed by atoms with E-state index in [4.69, 9.17) is 4.74 Å². The molecule has 92 valence electrons. The van der Waals surface area contributed by atoms with Crippen LogP contribution >= 0.6 is 0 Å². The van der Waals surface area contributed by atoms with Crippen LogP contribution in [-0.2, 0) is 19.1 Å². The second-order valence-corrected chi connectivity index (χ2v) is 6.14. The first kappa shape index (κ1) is 13.4. The molecule has 0 aromatic carbocycles. The van der Waals surface area contributed by atoms with Crippen LogP contribution in [0.5, 0.6) is 0 Å². The van der Waals surface area contributed by atoms with Crippen LogP contribution in [0.1, 0.15) is 33.6 Å².